The lowest BCUT2D eigenvalue weighted by Crippen LogP contribution is -2.47. The molecular weight excluding hydrogens is 338 g/mol. The van der Waals surface area contributed by atoms with E-state index in [1.165, 1.54) is 16.4 Å². The van der Waals surface area contributed by atoms with E-state index in [1.807, 2.05) is 0 Å². The zero-order valence-corrected chi connectivity index (χ0v) is 15.0. The second kappa shape index (κ2) is 6.64. The Kier molecular flexibility index (Phi) is 2.38. The molecule has 0 spiro atoms. The van der Waals surface area contributed by atoms with Crippen molar-refractivity contribution >= 4 is 28.3 Å². The van der Waals surface area contributed by atoms with Crippen molar-refractivity contribution in [3.63, 3.8) is 0 Å². The Bertz CT molecular complexity index is 1270. The highest BCUT2D eigenvalue weighted by atomic mass is 16.2. The van der Waals surface area contributed by atoms with Gasteiger partial charge in [0.05, 0.1) is 12.8 Å². The number of carbonyl (C=O) groups is 2. The van der Waals surface area contributed by atoms with Crippen molar-refractivity contribution in [3.8, 4) is 0 Å². The van der Waals surface area contributed by atoms with E-state index in [9.17, 15) is 9.59 Å². The molecule has 0 fully saturated rings. The monoisotopic (exact) mass is 375 g/mol. The number of carbonyl (C=O) groups excluding carboxylic acids is 2. The molecule has 0 saturated carbocycles. The van der Waals surface area contributed by atoms with Gasteiger partial charge in [-0.05, 0) is 49.9 Å². The minimum atomic E-state index is -2.64. The number of amides is 1. The molecule has 0 N–H and O–H groups in total. The smallest absolute Gasteiger partial charge is 0.230 e. The average Bonchev–Trinajstić information content (AvgIpc) is 3.02. The first-order valence-corrected chi connectivity index (χ1v) is 8.80. The molecule has 0 unspecified atom stereocenters. The average molecular weight is 376 g/mol. The normalized spacial score (nSPS) is 28.6. The number of rotatable bonds is 3. The third kappa shape index (κ3) is 2.72. The van der Waals surface area contributed by atoms with E-state index in [2.05, 4.69) is 0 Å². The Hall–Kier alpha value is -2.40. The van der Waals surface area contributed by atoms with Crippen LogP contribution in [0.25, 0.3) is 16.5 Å². The molecular formula is C22H27N3O2. The van der Waals surface area contributed by atoms with E-state index >= 15 is 0 Å². The summed E-state index contributed by atoms with van der Waals surface area (Å²) in [6.45, 7) is -8.38. The molecule has 1 aliphatic carbocycles. The summed E-state index contributed by atoms with van der Waals surface area (Å²) >= 11 is 0. The third-order valence-electron chi connectivity index (χ3n) is 5.38. The van der Waals surface area contributed by atoms with Crippen LogP contribution in [0.3, 0.4) is 0 Å². The minimum Gasteiger partial charge on any atom is -0.343 e. The first-order chi connectivity index (χ1) is 16.9. The van der Waals surface area contributed by atoms with Gasteiger partial charge in [0.2, 0.25) is 11.8 Å². The van der Waals surface area contributed by atoms with Crippen LogP contribution in [0.1, 0.15) is 50.3 Å². The molecule has 2 aliphatic rings. The molecule has 1 aromatic carbocycles. The summed E-state index contributed by atoms with van der Waals surface area (Å²) < 4.78 is 79.7. The van der Waals surface area contributed by atoms with E-state index in [-0.39, 0.29) is 25.0 Å². The second-order valence-electron chi connectivity index (χ2n) is 6.94. The van der Waals surface area contributed by atoms with Crippen LogP contribution in [-0.4, -0.2) is 58.8 Å². The highest BCUT2D eigenvalue weighted by molar-refractivity contribution is 6.03. The van der Waals surface area contributed by atoms with E-state index in [0.29, 0.717) is 27.6 Å². The Balaban J connectivity index is 1.87. The van der Waals surface area contributed by atoms with E-state index < -0.39 is 51.6 Å². The van der Waals surface area contributed by atoms with Gasteiger partial charge >= 0.3 is 0 Å². The van der Waals surface area contributed by atoms with Crippen LogP contribution in [0, 0.1) is 5.92 Å². The van der Waals surface area contributed by atoms with Crippen LogP contribution in [0.5, 0.6) is 0 Å². The third-order valence-corrected chi connectivity index (χ3v) is 5.38. The van der Waals surface area contributed by atoms with Crippen molar-refractivity contribution < 1.29 is 23.3 Å². The lowest BCUT2D eigenvalue weighted by atomic mass is 9.79. The summed E-state index contributed by atoms with van der Waals surface area (Å²) in [7, 11) is 0. The van der Waals surface area contributed by atoms with Gasteiger partial charge in [-0.2, -0.15) is 0 Å². The largest absolute Gasteiger partial charge is 0.343 e. The predicted octanol–water partition coefficient (Wildman–Crippen LogP) is 3.04. The number of aromatic nitrogens is 1. The van der Waals surface area contributed by atoms with E-state index in [4.69, 9.17) is 13.7 Å². The topological polar surface area (TPSA) is 45.6 Å². The highest BCUT2D eigenvalue weighted by Crippen LogP contribution is 2.41. The van der Waals surface area contributed by atoms with E-state index in [1.54, 1.807) is 24.3 Å². The van der Waals surface area contributed by atoms with Gasteiger partial charge < -0.3 is 4.90 Å². The Morgan fingerprint density at radius 1 is 1.33 bits per heavy atom. The molecule has 5 nitrogen and oxygen atoms in total. The second-order valence-corrected chi connectivity index (χ2v) is 6.94. The van der Waals surface area contributed by atoms with Gasteiger partial charge in [0.1, 0.15) is 0 Å². The van der Waals surface area contributed by atoms with Gasteiger partial charge in [0.15, 0.2) is 0 Å². The molecule has 2 aromatic rings. The standard InChI is InChI=1S/C22H27N3O2/c1-5-24(6-2)22(27)16-10-18-17-8-7-9-19-21(17)15(13-25(19)14(3)26)11-20(18)23(4)12-16/h7-10,13,16,20H,5-6,11-12H2,1-4H3/t16-,20-/m1/s1/i1D3,2D3,4D3,13D. The maximum atomic E-state index is 13.5. The van der Waals surface area contributed by atoms with Gasteiger partial charge in [-0.25, -0.2) is 0 Å². The van der Waals surface area contributed by atoms with Crippen LogP contribution in [0.15, 0.2) is 30.4 Å². The quantitative estimate of drug-likeness (QED) is 0.828. The molecule has 1 amide bonds. The number of hydrogen-bond acceptors (Lipinski definition) is 3. The fourth-order valence-electron chi connectivity index (χ4n) is 4.10. The number of hydrogen-bond donors (Lipinski definition) is 0. The molecule has 0 radical (unpaired) electrons. The number of fused-ring (bicyclic) bond motifs is 2. The first kappa shape index (κ1) is 9.69. The molecule has 5 heteroatoms. The fourth-order valence-corrected chi connectivity index (χ4v) is 4.10. The van der Waals surface area contributed by atoms with Gasteiger partial charge in [0, 0.05) is 56.5 Å². The molecule has 2 heterocycles. The molecule has 1 aromatic heterocycles. The molecule has 0 saturated heterocycles. The summed E-state index contributed by atoms with van der Waals surface area (Å²) in [5.41, 5.74) is 2.14. The Morgan fingerprint density at radius 3 is 2.85 bits per heavy atom. The number of benzene rings is 1. The van der Waals surface area contributed by atoms with Crippen molar-refractivity contribution in [3.05, 3.63) is 41.6 Å². The summed E-state index contributed by atoms with van der Waals surface area (Å²) in [6.07, 6.45) is 1.71. The zero-order chi connectivity index (χ0) is 27.7. The maximum absolute atomic E-state index is 13.5. The molecule has 142 valence electrons. The van der Waals surface area contributed by atoms with Gasteiger partial charge in [0.25, 0.3) is 0 Å². The molecule has 2 atom stereocenters. The van der Waals surface area contributed by atoms with Gasteiger partial charge in [-0.1, -0.05) is 18.2 Å². The van der Waals surface area contributed by atoms with Crippen LogP contribution < -0.4 is 0 Å². The number of likely N-dealkylation sites (N-methyl/N-ethyl adjacent to an activating group) is 1. The van der Waals surface area contributed by atoms with Crippen molar-refractivity contribution in [1.82, 2.24) is 14.4 Å². The van der Waals surface area contributed by atoms with Crippen LogP contribution >= 0.6 is 0 Å². The summed E-state index contributed by atoms with van der Waals surface area (Å²) in [5, 5.41) is 0.630. The lowest BCUT2D eigenvalue weighted by molar-refractivity contribution is -0.134. The van der Waals surface area contributed by atoms with Crippen molar-refractivity contribution in [1.29, 1.82) is 0 Å². The Labute approximate surface area is 174 Å². The van der Waals surface area contributed by atoms with E-state index in [0.717, 1.165) is 4.90 Å². The van der Waals surface area contributed by atoms with Crippen molar-refractivity contribution in [2.24, 2.45) is 5.92 Å². The van der Waals surface area contributed by atoms with Crippen molar-refractivity contribution in [2.45, 2.75) is 33.1 Å². The summed E-state index contributed by atoms with van der Waals surface area (Å²) in [6, 6.07) is 4.40. The van der Waals surface area contributed by atoms with Crippen molar-refractivity contribution in [2.75, 3.05) is 26.6 Å². The molecule has 4 rings (SSSR count). The number of nitrogens with zero attached hydrogens (tertiary/aromatic N) is 3. The predicted molar refractivity (Wildman–Crippen MR) is 108 cm³/mol. The van der Waals surface area contributed by atoms with Gasteiger partial charge in [-0.15, -0.1) is 0 Å². The first-order valence-electron chi connectivity index (χ1n) is 13.8. The SMILES string of the molecule is [2H]c1c2c3c(cccc3n1C(C)=O)C1=C[C@@H](C(=O)N(CC([2H])([2H])[2H])CC([2H])([2H])[2H])CN(C([2H])([2H])[2H])[C@@H]1C2. The van der Waals surface area contributed by atoms with Crippen LogP contribution in [-0.2, 0) is 11.2 Å². The fraction of sp³-hybridized carbons (Fsp3) is 0.455. The molecule has 1 aliphatic heterocycles. The Morgan fingerprint density at radius 2 is 2.15 bits per heavy atom. The summed E-state index contributed by atoms with van der Waals surface area (Å²) in [4.78, 5) is 27.8. The maximum Gasteiger partial charge on any atom is 0.230 e. The highest BCUT2D eigenvalue weighted by Gasteiger charge is 2.37. The van der Waals surface area contributed by atoms with Crippen LogP contribution in [0.2, 0.25) is 0 Å². The van der Waals surface area contributed by atoms with Gasteiger partial charge in [-0.3, -0.25) is 19.1 Å². The summed E-state index contributed by atoms with van der Waals surface area (Å²) in [5.74, 6) is -2.26. The molecule has 0 bridgehead atoms. The molecule has 27 heavy (non-hydrogen) atoms. The lowest BCUT2D eigenvalue weighted by Gasteiger charge is -2.40. The minimum absolute atomic E-state index is 0.0146. The van der Waals surface area contributed by atoms with Crippen LogP contribution in [0.4, 0.5) is 0 Å². The zero-order valence-electron chi connectivity index (χ0n) is 25.0.